The molecule has 3 aromatic rings. The molecule has 0 saturated heterocycles. The number of Topliss-reactive ketones (excluding diaryl/α,β-unsaturated/α-hetero) is 1. The van der Waals surface area contributed by atoms with Gasteiger partial charge in [-0.2, -0.15) is 0 Å². The summed E-state index contributed by atoms with van der Waals surface area (Å²) in [6, 6.07) is 16.3. The third kappa shape index (κ3) is 4.83. The van der Waals surface area contributed by atoms with Crippen LogP contribution in [-0.4, -0.2) is 34.0 Å². The average molecular weight is 415 g/mol. The second-order valence-corrected chi connectivity index (χ2v) is 7.76. The number of benzene rings is 2. The van der Waals surface area contributed by atoms with E-state index < -0.39 is 18.9 Å². The van der Waals surface area contributed by atoms with Crippen LogP contribution in [0.15, 0.2) is 67.0 Å². The van der Waals surface area contributed by atoms with Gasteiger partial charge in [-0.15, -0.1) is 0 Å². The molecule has 0 amide bonds. The molecule has 2 heterocycles. The van der Waals surface area contributed by atoms with E-state index in [0.29, 0.717) is 17.5 Å². The second kappa shape index (κ2) is 9.14. The van der Waals surface area contributed by atoms with Crippen molar-refractivity contribution in [1.29, 1.82) is 0 Å². The van der Waals surface area contributed by atoms with E-state index in [0.717, 1.165) is 24.0 Å². The van der Waals surface area contributed by atoms with Crippen LogP contribution in [0.25, 0.3) is 0 Å². The molecule has 0 spiro atoms. The van der Waals surface area contributed by atoms with E-state index in [-0.39, 0.29) is 23.5 Å². The predicted molar refractivity (Wildman–Crippen MR) is 116 cm³/mol. The maximum Gasteiger partial charge on any atom is 0.526 e. The van der Waals surface area contributed by atoms with Crippen molar-refractivity contribution < 1.29 is 24.4 Å². The maximum absolute atomic E-state index is 12.9. The summed E-state index contributed by atoms with van der Waals surface area (Å²) in [5.74, 6) is -1.44. The Morgan fingerprint density at radius 1 is 1.06 bits per heavy atom. The largest absolute Gasteiger partial charge is 0.535 e. The highest BCUT2D eigenvalue weighted by atomic mass is 16.5. The normalized spacial score (nSPS) is 15.1. The van der Waals surface area contributed by atoms with Crippen molar-refractivity contribution in [3.05, 3.63) is 94.8 Å². The molecular weight excluding hydrogens is 393 g/mol. The van der Waals surface area contributed by atoms with Crippen LogP contribution in [0.1, 0.15) is 43.8 Å². The van der Waals surface area contributed by atoms with Crippen molar-refractivity contribution in [3.8, 4) is 5.75 Å². The number of nitrogens with zero attached hydrogens (tertiary/aromatic N) is 1. The zero-order valence-corrected chi connectivity index (χ0v) is 16.9. The van der Waals surface area contributed by atoms with E-state index >= 15 is 0 Å². The number of rotatable bonds is 7. The van der Waals surface area contributed by atoms with Gasteiger partial charge >= 0.3 is 13.1 Å². The van der Waals surface area contributed by atoms with Crippen LogP contribution in [0.5, 0.6) is 5.75 Å². The lowest BCUT2D eigenvalue weighted by Gasteiger charge is -2.28. The molecule has 2 aromatic carbocycles. The van der Waals surface area contributed by atoms with Gasteiger partial charge in [0.2, 0.25) is 0 Å². The molecule has 4 rings (SSSR count). The molecule has 7 heteroatoms. The van der Waals surface area contributed by atoms with Gasteiger partial charge in [0.25, 0.3) is 0 Å². The topological polar surface area (TPSA) is 96.7 Å². The van der Waals surface area contributed by atoms with Crippen molar-refractivity contribution in [2.45, 2.75) is 31.5 Å². The number of hydrogen-bond acceptors (Lipinski definition) is 5. The van der Waals surface area contributed by atoms with E-state index in [1.807, 2.05) is 36.5 Å². The molecule has 2 N–H and O–H groups in total. The van der Waals surface area contributed by atoms with Crippen LogP contribution in [-0.2, 0) is 19.3 Å². The zero-order valence-electron chi connectivity index (χ0n) is 16.9. The van der Waals surface area contributed by atoms with Gasteiger partial charge < -0.3 is 14.8 Å². The molecule has 1 atom stereocenters. The standard InChI is InChI=1S/C24H22BNO5/c27-22(18-6-1-4-16(12-18)9-10-17-5-3-11-26-15-17)14-20-13-19-7-2-8-21(24(28)29)23(19)31-25(20)30/h1-8,11-12,15,20,30H,9-10,13-14H2,(H,28,29)/t20-/m1/s1. The van der Waals surface area contributed by atoms with Gasteiger partial charge in [0.1, 0.15) is 5.75 Å². The van der Waals surface area contributed by atoms with E-state index in [4.69, 9.17) is 4.65 Å². The molecule has 0 aliphatic carbocycles. The molecule has 0 radical (unpaired) electrons. The van der Waals surface area contributed by atoms with Crippen LogP contribution in [0.3, 0.4) is 0 Å². The van der Waals surface area contributed by atoms with E-state index in [1.165, 1.54) is 6.07 Å². The van der Waals surface area contributed by atoms with E-state index in [2.05, 4.69) is 4.98 Å². The SMILES string of the molecule is O=C(C[C@H]1Cc2cccc(C(=O)O)c2OB1O)c1cccc(CCc2cccnc2)c1. The van der Waals surface area contributed by atoms with Crippen LogP contribution >= 0.6 is 0 Å². The fourth-order valence-corrected chi connectivity index (χ4v) is 3.92. The maximum atomic E-state index is 12.9. The number of hydrogen-bond donors (Lipinski definition) is 2. The van der Waals surface area contributed by atoms with Crippen LogP contribution in [0.4, 0.5) is 0 Å². The first-order valence-corrected chi connectivity index (χ1v) is 10.2. The molecule has 0 saturated carbocycles. The number of aromatic carboxylic acids is 1. The number of aromatic nitrogens is 1. The van der Waals surface area contributed by atoms with Gasteiger partial charge in [0.05, 0.1) is 5.56 Å². The van der Waals surface area contributed by atoms with Gasteiger partial charge in [-0.25, -0.2) is 4.79 Å². The number of ketones is 1. The number of aryl methyl sites for hydroxylation is 2. The highest BCUT2D eigenvalue weighted by molar-refractivity contribution is 6.47. The van der Waals surface area contributed by atoms with Crippen molar-refractivity contribution in [3.63, 3.8) is 0 Å². The number of pyridine rings is 1. The molecular formula is C24H22BNO5. The minimum absolute atomic E-state index is 0.0163. The Kier molecular flexibility index (Phi) is 6.14. The molecule has 0 bridgehead atoms. The first kappa shape index (κ1) is 20.8. The summed E-state index contributed by atoms with van der Waals surface area (Å²) in [6.45, 7) is 0. The average Bonchev–Trinajstić information content (AvgIpc) is 2.78. The van der Waals surface area contributed by atoms with Crippen molar-refractivity contribution in [1.82, 2.24) is 4.98 Å². The van der Waals surface area contributed by atoms with Crippen molar-refractivity contribution >= 4 is 18.9 Å². The summed E-state index contributed by atoms with van der Waals surface area (Å²) in [5.41, 5.74) is 3.50. The number of fused-ring (bicyclic) bond motifs is 1. The molecule has 0 unspecified atom stereocenters. The molecule has 1 aromatic heterocycles. The number of para-hydroxylation sites is 1. The van der Waals surface area contributed by atoms with Gasteiger partial charge in [0, 0.05) is 30.2 Å². The van der Waals surface area contributed by atoms with E-state index in [9.17, 15) is 19.7 Å². The number of carbonyl (C=O) groups is 2. The Morgan fingerprint density at radius 3 is 2.61 bits per heavy atom. The predicted octanol–water partition coefficient (Wildman–Crippen LogP) is 3.62. The zero-order chi connectivity index (χ0) is 21.8. The van der Waals surface area contributed by atoms with Gasteiger partial charge in [-0.1, -0.05) is 36.4 Å². The molecule has 0 fully saturated rings. The van der Waals surface area contributed by atoms with Crippen LogP contribution in [0, 0.1) is 0 Å². The Hall–Kier alpha value is -3.45. The number of carbonyl (C=O) groups excluding carboxylic acids is 1. The first-order chi connectivity index (χ1) is 15.0. The lowest BCUT2D eigenvalue weighted by molar-refractivity contribution is 0.0693. The van der Waals surface area contributed by atoms with Crippen molar-refractivity contribution in [2.24, 2.45) is 0 Å². The smallest absolute Gasteiger partial charge is 0.526 e. The summed E-state index contributed by atoms with van der Waals surface area (Å²) < 4.78 is 5.50. The molecule has 156 valence electrons. The molecule has 6 nitrogen and oxygen atoms in total. The fourth-order valence-electron chi connectivity index (χ4n) is 3.92. The molecule has 31 heavy (non-hydrogen) atoms. The van der Waals surface area contributed by atoms with Gasteiger partial charge in [0.15, 0.2) is 5.78 Å². The quantitative estimate of drug-likeness (QED) is 0.452. The summed E-state index contributed by atoms with van der Waals surface area (Å²) in [4.78, 5) is 28.4. The third-order valence-corrected chi connectivity index (χ3v) is 5.57. The Morgan fingerprint density at radius 2 is 1.84 bits per heavy atom. The Labute approximate surface area is 180 Å². The fraction of sp³-hybridized carbons (Fsp3) is 0.208. The Bertz CT molecular complexity index is 1100. The summed E-state index contributed by atoms with van der Waals surface area (Å²) >= 11 is 0. The number of carboxylic acids is 1. The van der Waals surface area contributed by atoms with E-state index in [1.54, 1.807) is 24.4 Å². The van der Waals surface area contributed by atoms with Crippen LogP contribution in [0.2, 0.25) is 5.82 Å². The number of carboxylic acid groups (broad SMARTS) is 1. The van der Waals surface area contributed by atoms with Gasteiger partial charge in [-0.3, -0.25) is 9.78 Å². The van der Waals surface area contributed by atoms with Crippen molar-refractivity contribution in [2.75, 3.05) is 0 Å². The minimum Gasteiger partial charge on any atom is -0.535 e. The lowest BCUT2D eigenvalue weighted by Crippen LogP contribution is -2.35. The molecule has 1 aliphatic heterocycles. The highest BCUT2D eigenvalue weighted by Gasteiger charge is 2.37. The Balaban J connectivity index is 1.44. The summed E-state index contributed by atoms with van der Waals surface area (Å²) in [7, 11) is -1.23. The first-order valence-electron chi connectivity index (χ1n) is 10.2. The minimum atomic E-state index is -1.23. The molecule has 1 aliphatic rings. The summed E-state index contributed by atoms with van der Waals surface area (Å²) in [6.07, 6.45) is 5.71. The highest BCUT2D eigenvalue weighted by Crippen LogP contribution is 2.36. The van der Waals surface area contributed by atoms with Gasteiger partial charge in [-0.05, 0) is 54.2 Å². The monoisotopic (exact) mass is 415 g/mol. The third-order valence-electron chi connectivity index (χ3n) is 5.57. The lowest BCUT2D eigenvalue weighted by atomic mass is 9.64. The second-order valence-electron chi connectivity index (χ2n) is 7.76. The van der Waals surface area contributed by atoms with Crippen LogP contribution < -0.4 is 4.65 Å². The summed E-state index contributed by atoms with van der Waals surface area (Å²) in [5, 5.41) is 19.7.